The maximum atomic E-state index is 11.3. The molecule has 6 nitrogen and oxygen atoms in total. The van der Waals surface area contributed by atoms with E-state index in [1.54, 1.807) is 0 Å². The van der Waals surface area contributed by atoms with Gasteiger partial charge in [-0.25, -0.2) is 0 Å². The van der Waals surface area contributed by atoms with Crippen LogP contribution >= 0.6 is 0 Å². The van der Waals surface area contributed by atoms with Crippen molar-refractivity contribution < 1.29 is 25.2 Å². The van der Waals surface area contributed by atoms with Gasteiger partial charge in [0, 0.05) is 0 Å². The van der Waals surface area contributed by atoms with E-state index in [0.717, 1.165) is 12.5 Å². The molecule has 0 radical (unpaired) electrons. The Bertz CT molecular complexity index is 646. The number of rotatable bonds is 6. The van der Waals surface area contributed by atoms with Crippen molar-refractivity contribution in [2.24, 2.45) is 35.5 Å². The second-order valence-corrected chi connectivity index (χ2v) is 9.67. The fourth-order valence-electron chi connectivity index (χ4n) is 3.95. The van der Waals surface area contributed by atoms with Gasteiger partial charge in [-0.05, 0) is 35.5 Å². The molecule has 4 aliphatic rings. The third-order valence-corrected chi connectivity index (χ3v) is 6.06. The summed E-state index contributed by atoms with van der Waals surface area (Å²) in [7, 11) is -7.04. The van der Waals surface area contributed by atoms with Crippen LogP contribution in [0.4, 0.5) is 0 Å². The fraction of sp³-hybridized carbons (Fsp3) is 0.714. The lowest BCUT2D eigenvalue weighted by atomic mass is 9.50. The van der Waals surface area contributed by atoms with Gasteiger partial charge in [-0.1, -0.05) is 24.3 Å². The molecule has 1 saturated carbocycles. The SMILES string of the molecule is CS(=O)(=O)OC[C@@H]1[C@H]2C=C[C@@H]([C@@H]3C=C[C@H]32)[C@@H]1COS(C)(=O)=O. The number of hydrogen-bond acceptors (Lipinski definition) is 6. The van der Waals surface area contributed by atoms with Crippen LogP contribution in [0, 0.1) is 35.5 Å². The highest BCUT2D eigenvalue weighted by Crippen LogP contribution is 2.56. The largest absolute Gasteiger partial charge is 0.270 e. The molecule has 22 heavy (non-hydrogen) atoms. The molecule has 0 aliphatic heterocycles. The van der Waals surface area contributed by atoms with Crippen molar-refractivity contribution in [3.63, 3.8) is 0 Å². The third-order valence-electron chi connectivity index (χ3n) is 4.93. The summed E-state index contributed by atoms with van der Waals surface area (Å²) in [5, 5.41) is 0. The summed E-state index contributed by atoms with van der Waals surface area (Å²) in [5.74, 6) is 1.04. The Morgan fingerprint density at radius 3 is 1.27 bits per heavy atom. The lowest BCUT2D eigenvalue weighted by Crippen LogP contribution is -2.52. The van der Waals surface area contributed by atoms with Crippen molar-refractivity contribution >= 4 is 20.2 Å². The van der Waals surface area contributed by atoms with Crippen LogP contribution in [-0.2, 0) is 28.6 Å². The predicted octanol–water partition coefficient (Wildman–Crippen LogP) is 0.789. The second kappa shape index (κ2) is 5.43. The molecule has 0 amide bonds. The zero-order chi connectivity index (χ0) is 16.1. The molecule has 0 saturated heterocycles. The van der Waals surface area contributed by atoms with E-state index in [0.29, 0.717) is 11.8 Å². The first-order chi connectivity index (χ1) is 10.2. The molecule has 124 valence electrons. The third kappa shape index (κ3) is 3.15. The van der Waals surface area contributed by atoms with Crippen molar-refractivity contribution in [2.45, 2.75) is 0 Å². The molecule has 2 bridgehead atoms. The van der Waals surface area contributed by atoms with E-state index in [1.165, 1.54) is 0 Å². The Morgan fingerprint density at radius 2 is 1.00 bits per heavy atom. The van der Waals surface area contributed by atoms with Crippen molar-refractivity contribution in [1.82, 2.24) is 0 Å². The van der Waals surface area contributed by atoms with Crippen LogP contribution < -0.4 is 0 Å². The van der Waals surface area contributed by atoms with Gasteiger partial charge in [0.2, 0.25) is 0 Å². The number of fused-ring (bicyclic) bond motifs is 1. The summed E-state index contributed by atoms with van der Waals surface area (Å²) in [4.78, 5) is 0. The smallest absolute Gasteiger partial charge is 0.264 e. The first kappa shape index (κ1) is 16.2. The molecule has 0 aromatic heterocycles. The first-order valence-corrected chi connectivity index (χ1v) is 10.8. The van der Waals surface area contributed by atoms with Crippen LogP contribution in [0.1, 0.15) is 0 Å². The summed E-state index contributed by atoms with van der Waals surface area (Å²) < 4.78 is 55.1. The Balaban J connectivity index is 1.80. The van der Waals surface area contributed by atoms with Gasteiger partial charge in [0.1, 0.15) is 0 Å². The second-order valence-electron chi connectivity index (χ2n) is 6.38. The monoisotopic (exact) mass is 348 g/mol. The minimum Gasteiger partial charge on any atom is -0.270 e. The van der Waals surface area contributed by atoms with Gasteiger partial charge in [-0.2, -0.15) is 16.8 Å². The average Bonchev–Trinajstić information content (AvgIpc) is 2.32. The van der Waals surface area contributed by atoms with Gasteiger partial charge < -0.3 is 0 Å². The van der Waals surface area contributed by atoms with E-state index in [9.17, 15) is 16.8 Å². The highest BCUT2D eigenvalue weighted by atomic mass is 32.2. The van der Waals surface area contributed by atoms with E-state index in [-0.39, 0.29) is 36.9 Å². The molecule has 0 aromatic rings. The Labute approximate surface area is 131 Å². The maximum Gasteiger partial charge on any atom is 0.264 e. The van der Waals surface area contributed by atoms with Gasteiger partial charge in [-0.15, -0.1) is 0 Å². The van der Waals surface area contributed by atoms with E-state index in [2.05, 4.69) is 24.3 Å². The van der Waals surface area contributed by atoms with E-state index < -0.39 is 20.2 Å². The molecule has 6 atom stereocenters. The van der Waals surface area contributed by atoms with Gasteiger partial charge >= 0.3 is 0 Å². The normalized spacial score (nSPS) is 39.5. The molecule has 8 heteroatoms. The summed E-state index contributed by atoms with van der Waals surface area (Å²) in [6, 6.07) is 0. The van der Waals surface area contributed by atoms with Crippen molar-refractivity contribution in [3.8, 4) is 0 Å². The summed E-state index contributed by atoms with van der Waals surface area (Å²) >= 11 is 0. The standard InChI is InChI=1S/C14H20O6S2/c1-21(15,16)19-7-13-11-5-6-12(10-4-3-9(10)11)14(13)8-20-22(2,17)18/h3-6,9-14H,7-8H2,1-2H3/t9-,10-,11+,12+,13-,14+/m1/s1. The maximum absolute atomic E-state index is 11.3. The Hall–Kier alpha value is -0.700. The molecular formula is C14H20O6S2. The predicted molar refractivity (Wildman–Crippen MR) is 80.8 cm³/mol. The van der Waals surface area contributed by atoms with Crippen LogP contribution in [0.2, 0.25) is 0 Å². The quantitative estimate of drug-likeness (QED) is 0.521. The zero-order valence-electron chi connectivity index (χ0n) is 12.5. The van der Waals surface area contributed by atoms with Crippen LogP contribution in [-0.4, -0.2) is 42.6 Å². The lowest BCUT2D eigenvalue weighted by Gasteiger charge is -2.55. The molecule has 0 heterocycles. The number of hydrogen-bond donors (Lipinski definition) is 0. The zero-order valence-corrected chi connectivity index (χ0v) is 14.1. The molecular weight excluding hydrogens is 328 g/mol. The minimum atomic E-state index is -3.52. The summed E-state index contributed by atoms with van der Waals surface area (Å²) in [6.07, 6.45) is 10.6. The Kier molecular flexibility index (Phi) is 3.99. The minimum absolute atomic E-state index is 0.0577. The molecule has 0 unspecified atom stereocenters. The van der Waals surface area contributed by atoms with Gasteiger partial charge in [-0.3, -0.25) is 8.37 Å². The van der Waals surface area contributed by atoms with Crippen LogP contribution in [0.15, 0.2) is 24.3 Å². The van der Waals surface area contributed by atoms with E-state index in [4.69, 9.17) is 8.37 Å². The topological polar surface area (TPSA) is 86.7 Å². The van der Waals surface area contributed by atoms with Gasteiger partial charge in [0.05, 0.1) is 25.7 Å². The summed E-state index contributed by atoms with van der Waals surface area (Å²) in [6.45, 7) is 0.137. The van der Waals surface area contributed by atoms with Crippen LogP contribution in [0.25, 0.3) is 0 Å². The average molecular weight is 348 g/mol. The lowest BCUT2D eigenvalue weighted by molar-refractivity contribution is -0.0113. The molecule has 0 aromatic carbocycles. The highest BCUT2D eigenvalue weighted by Gasteiger charge is 2.52. The first-order valence-electron chi connectivity index (χ1n) is 7.21. The molecule has 4 rings (SSSR count). The van der Waals surface area contributed by atoms with Crippen LogP contribution in [0.5, 0.6) is 0 Å². The fourth-order valence-corrected chi connectivity index (χ4v) is 4.76. The van der Waals surface area contributed by atoms with Gasteiger partial charge in [0.25, 0.3) is 20.2 Å². The molecule has 0 spiro atoms. The molecule has 1 fully saturated rings. The molecule has 4 aliphatic carbocycles. The highest BCUT2D eigenvalue weighted by molar-refractivity contribution is 7.86. The van der Waals surface area contributed by atoms with E-state index in [1.807, 2.05) is 0 Å². The Morgan fingerprint density at radius 1 is 0.682 bits per heavy atom. The van der Waals surface area contributed by atoms with Gasteiger partial charge in [0.15, 0.2) is 0 Å². The van der Waals surface area contributed by atoms with Crippen molar-refractivity contribution in [2.75, 3.05) is 25.7 Å². The number of allylic oxidation sites excluding steroid dienone is 4. The van der Waals surface area contributed by atoms with Crippen molar-refractivity contribution in [1.29, 1.82) is 0 Å². The summed E-state index contributed by atoms with van der Waals surface area (Å²) in [5.41, 5.74) is 0. The van der Waals surface area contributed by atoms with Crippen LogP contribution in [0.3, 0.4) is 0 Å². The van der Waals surface area contributed by atoms with E-state index >= 15 is 0 Å². The van der Waals surface area contributed by atoms with Crippen molar-refractivity contribution in [3.05, 3.63) is 24.3 Å². The molecule has 0 N–H and O–H groups in total.